The van der Waals surface area contributed by atoms with Gasteiger partial charge in [0.2, 0.25) is 15.9 Å². The Hall–Kier alpha value is -3.27. The van der Waals surface area contributed by atoms with Gasteiger partial charge in [-0.3, -0.25) is 9.69 Å². The topological polar surface area (TPSA) is 79.0 Å². The number of anilines is 1. The maximum Gasteiger partial charge on any atom is 0.246 e. The number of carbonyl (C=O) groups excluding carboxylic acids is 1. The molecule has 9 heteroatoms. The number of hydrogen-bond acceptors (Lipinski definition) is 5. The third-order valence-corrected chi connectivity index (χ3v) is 8.00. The summed E-state index contributed by atoms with van der Waals surface area (Å²) in [6.07, 6.45) is 0. The van der Waals surface area contributed by atoms with E-state index in [0.717, 1.165) is 17.2 Å². The largest absolute Gasteiger partial charge is 0.495 e. The highest BCUT2D eigenvalue weighted by Gasteiger charge is 2.35. The summed E-state index contributed by atoms with van der Waals surface area (Å²) in [4.78, 5) is 15.2. The third kappa shape index (κ3) is 5.37. The van der Waals surface area contributed by atoms with Crippen LogP contribution >= 0.6 is 0 Å². The summed E-state index contributed by atoms with van der Waals surface area (Å²) < 4.78 is 46.9. The first-order valence-electron chi connectivity index (χ1n) is 11.3. The number of piperazine rings is 1. The molecule has 184 valence electrons. The van der Waals surface area contributed by atoms with Crippen LogP contribution in [0.4, 0.5) is 10.1 Å². The predicted molar refractivity (Wildman–Crippen MR) is 132 cm³/mol. The Morgan fingerprint density at radius 3 is 2.29 bits per heavy atom. The van der Waals surface area contributed by atoms with Crippen LogP contribution in [-0.2, 0) is 14.8 Å². The standard InChI is InChI=1S/C26H28FN3O4S/c1-19-12-13-23(34-2)22(18-19)28-26(31)25(20-8-4-3-5-9-20)29-14-16-30(17-15-29)35(32,33)24-11-7-6-10-21(24)27/h3-13,18,25H,14-17H2,1-2H3,(H,28,31). The minimum absolute atomic E-state index is 0.140. The Morgan fingerprint density at radius 1 is 0.971 bits per heavy atom. The van der Waals surface area contributed by atoms with Crippen molar-refractivity contribution >= 4 is 21.6 Å². The highest BCUT2D eigenvalue weighted by Crippen LogP contribution is 2.30. The van der Waals surface area contributed by atoms with Crippen LogP contribution in [-0.4, -0.2) is 56.8 Å². The van der Waals surface area contributed by atoms with E-state index >= 15 is 0 Å². The number of benzene rings is 3. The molecule has 35 heavy (non-hydrogen) atoms. The Labute approximate surface area is 205 Å². The van der Waals surface area contributed by atoms with Crippen LogP contribution in [0.15, 0.2) is 77.7 Å². The summed E-state index contributed by atoms with van der Waals surface area (Å²) in [7, 11) is -2.43. The minimum atomic E-state index is -3.97. The normalized spacial score (nSPS) is 16.0. The van der Waals surface area contributed by atoms with E-state index < -0.39 is 21.9 Å². The van der Waals surface area contributed by atoms with E-state index in [9.17, 15) is 17.6 Å². The van der Waals surface area contributed by atoms with E-state index in [2.05, 4.69) is 5.32 Å². The fraction of sp³-hybridized carbons (Fsp3) is 0.269. The van der Waals surface area contributed by atoms with Gasteiger partial charge in [0.25, 0.3) is 0 Å². The van der Waals surface area contributed by atoms with E-state index in [1.54, 1.807) is 13.2 Å². The summed E-state index contributed by atoms with van der Waals surface area (Å²) in [5.41, 5.74) is 2.34. The number of hydrogen-bond donors (Lipinski definition) is 1. The van der Waals surface area contributed by atoms with Gasteiger partial charge in [0.15, 0.2) is 0 Å². The number of ether oxygens (including phenoxy) is 1. The minimum Gasteiger partial charge on any atom is -0.495 e. The lowest BCUT2D eigenvalue weighted by molar-refractivity contribution is -0.122. The van der Waals surface area contributed by atoms with Gasteiger partial charge in [-0.25, -0.2) is 12.8 Å². The first-order valence-corrected chi connectivity index (χ1v) is 12.7. The number of methoxy groups -OCH3 is 1. The van der Waals surface area contributed by atoms with Gasteiger partial charge in [0, 0.05) is 26.2 Å². The molecule has 1 amide bonds. The average molecular weight is 498 g/mol. The Balaban J connectivity index is 1.56. The van der Waals surface area contributed by atoms with Crippen molar-refractivity contribution in [2.75, 3.05) is 38.6 Å². The quantitative estimate of drug-likeness (QED) is 0.537. The fourth-order valence-corrected chi connectivity index (χ4v) is 5.77. The number of aryl methyl sites for hydroxylation is 1. The highest BCUT2D eigenvalue weighted by atomic mass is 32.2. The van der Waals surface area contributed by atoms with Crippen molar-refractivity contribution in [2.24, 2.45) is 0 Å². The molecule has 7 nitrogen and oxygen atoms in total. The van der Waals surface area contributed by atoms with E-state index in [-0.39, 0.29) is 23.9 Å². The average Bonchev–Trinajstić information content (AvgIpc) is 2.85. The number of sulfonamides is 1. The van der Waals surface area contributed by atoms with Gasteiger partial charge in [-0.1, -0.05) is 48.5 Å². The van der Waals surface area contributed by atoms with Crippen molar-refractivity contribution in [2.45, 2.75) is 17.9 Å². The fourth-order valence-electron chi connectivity index (χ4n) is 4.28. The number of nitrogens with zero attached hydrogens (tertiary/aromatic N) is 2. The Kier molecular flexibility index (Phi) is 7.49. The summed E-state index contributed by atoms with van der Waals surface area (Å²) in [6, 6.07) is 19.6. The van der Waals surface area contributed by atoms with Gasteiger partial charge < -0.3 is 10.1 Å². The van der Waals surface area contributed by atoms with Crippen molar-refractivity contribution in [3.63, 3.8) is 0 Å². The monoisotopic (exact) mass is 497 g/mol. The van der Waals surface area contributed by atoms with E-state index in [4.69, 9.17) is 4.74 Å². The van der Waals surface area contributed by atoms with Crippen LogP contribution in [0.25, 0.3) is 0 Å². The van der Waals surface area contributed by atoms with Crippen LogP contribution in [0.5, 0.6) is 5.75 Å². The number of carbonyl (C=O) groups is 1. The van der Waals surface area contributed by atoms with Crippen LogP contribution in [0.3, 0.4) is 0 Å². The molecule has 1 saturated heterocycles. The molecule has 0 radical (unpaired) electrons. The molecule has 0 spiro atoms. The predicted octanol–water partition coefficient (Wildman–Crippen LogP) is 3.83. The van der Waals surface area contributed by atoms with Gasteiger partial charge in [0.1, 0.15) is 22.5 Å². The molecule has 0 aromatic heterocycles. The molecule has 3 aromatic carbocycles. The molecule has 1 aliphatic heterocycles. The lowest BCUT2D eigenvalue weighted by atomic mass is 10.0. The van der Waals surface area contributed by atoms with Gasteiger partial charge in [-0.05, 0) is 42.3 Å². The number of halogens is 1. The SMILES string of the molecule is COc1ccc(C)cc1NC(=O)C(c1ccccc1)N1CCN(S(=O)(=O)c2ccccc2F)CC1. The second kappa shape index (κ2) is 10.6. The molecule has 0 aliphatic carbocycles. The van der Waals surface area contributed by atoms with Gasteiger partial charge >= 0.3 is 0 Å². The maximum atomic E-state index is 14.2. The van der Waals surface area contributed by atoms with Crippen molar-refractivity contribution in [3.8, 4) is 5.75 Å². The second-order valence-corrected chi connectivity index (χ2v) is 10.3. The molecule has 1 N–H and O–H groups in total. The molecule has 0 saturated carbocycles. The number of amides is 1. The van der Waals surface area contributed by atoms with Crippen molar-refractivity contribution in [3.05, 3.63) is 89.7 Å². The number of rotatable bonds is 7. The van der Waals surface area contributed by atoms with Crippen LogP contribution < -0.4 is 10.1 Å². The van der Waals surface area contributed by atoms with Crippen LogP contribution in [0.1, 0.15) is 17.2 Å². The first-order chi connectivity index (χ1) is 16.8. The molecule has 1 aliphatic rings. The molecule has 1 unspecified atom stereocenters. The Bertz CT molecular complexity index is 1290. The summed E-state index contributed by atoms with van der Waals surface area (Å²) in [5.74, 6) is -0.467. The van der Waals surface area contributed by atoms with Crippen LogP contribution in [0, 0.1) is 12.7 Å². The van der Waals surface area contributed by atoms with Crippen molar-refractivity contribution in [1.82, 2.24) is 9.21 Å². The van der Waals surface area contributed by atoms with Crippen LogP contribution in [0.2, 0.25) is 0 Å². The first kappa shape index (κ1) is 24.8. The smallest absolute Gasteiger partial charge is 0.246 e. The maximum absolute atomic E-state index is 14.2. The van der Waals surface area contributed by atoms with Gasteiger partial charge in [-0.2, -0.15) is 4.31 Å². The highest BCUT2D eigenvalue weighted by molar-refractivity contribution is 7.89. The zero-order valence-electron chi connectivity index (χ0n) is 19.6. The Morgan fingerprint density at radius 2 is 1.63 bits per heavy atom. The molecular formula is C26H28FN3O4S. The molecule has 0 bridgehead atoms. The molecule has 1 atom stereocenters. The lowest BCUT2D eigenvalue weighted by Gasteiger charge is -2.38. The zero-order chi connectivity index (χ0) is 25.0. The molecule has 3 aromatic rings. The van der Waals surface area contributed by atoms with E-state index in [1.807, 2.05) is 54.3 Å². The molecular weight excluding hydrogens is 469 g/mol. The summed E-state index contributed by atoms with van der Waals surface area (Å²) >= 11 is 0. The molecule has 1 fully saturated rings. The summed E-state index contributed by atoms with van der Waals surface area (Å²) in [5, 5.41) is 2.99. The van der Waals surface area contributed by atoms with E-state index in [1.165, 1.54) is 22.5 Å². The number of nitrogens with one attached hydrogen (secondary N) is 1. The van der Waals surface area contributed by atoms with Gasteiger partial charge in [-0.15, -0.1) is 0 Å². The van der Waals surface area contributed by atoms with E-state index in [0.29, 0.717) is 24.5 Å². The zero-order valence-corrected chi connectivity index (χ0v) is 20.5. The third-order valence-electron chi connectivity index (χ3n) is 6.07. The van der Waals surface area contributed by atoms with Crippen molar-refractivity contribution < 1.29 is 22.3 Å². The van der Waals surface area contributed by atoms with Gasteiger partial charge in [0.05, 0.1) is 12.8 Å². The molecule has 1 heterocycles. The van der Waals surface area contributed by atoms with Crippen molar-refractivity contribution in [1.29, 1.82) is 0 Å². The second-order valence-electron chi connectivity index (χ2n) is 8.38. The lowest BCUT2D eigenvalue weighted by Crippen LogP contribution is -2.51. The molecule has 4 rings (SSSR count). The summed E-state index contributed by atoms with van der Waals surface area (Å²) in [6.45, 7) is 2.83.